The molecule has 1 aromatic heterocycles. The van der Waals surface area contributed by atoms with Crippen LogP contribution in [-0.4, -0.2) is 9.13 Å². The summed E-state index contributed by atoms with van der Waals surface area (Å²) in [5.74, 6) is -1.91. The average molecular weight is 403 g/mol. The van der Waals surface area contributed by atoms with Gasteiger partial charge in [0.05, 0.1) is 21.5 Å². The molecular formula is C17H11ClF4N2O3. The van der Waals surface area contributed by atoms with Crippen molar-refractivity contribution in [3.8, 4) is 11.5 Å². The van der Waals surface area contributed by atoms with E-state index in [4.69, 9.17) is 16.3 Å². The third-order valence-corrected chi connectivity index (χ3v) is 4.27. The molecule has 0 saturated carbocycles. The maximum atomic E-state index is 14.1. The molecular weight excluding hydrogens is 392 g/mol. The van der Waals surface area contributed by atoms with Crippen LogP contribution in [0.4, 0.5) is 17.6 Å². The Balaban J connectivity index is 2.11. The minimum Gasteiger partial charge on any atom is -0.453 e. The smallest absolute Gasteiger partial charge is 0.416 e. The zero-order valence-corrected chi connectivity index (χ0v) is 14.7. The molecule has 2 aromatic carbocycles. The number of rotatable bonds is 2. The Morgan fingerprint density at radius 1 is 1.04 bits per heavy atom. The Labute approximate surface area is 154 Å². The van der Waals surface area contributed by atoms with Crippen molar-refractivity contribution in [3.63, 3.8) is 0 Å². The lowest BCUT2D eigenvalue weighted by atomic mass is 10.2. The van der Waals surface area contributed by atoms with E-state index in [0.717, 1.165) is 4.57 Å². The van der Waals surface area contributed by atoms with Crippen molar-refractivity contribution in [2.45, 2.75) is 6.18 Å². The van der Waals surface area contributed by atoms with Crippen LogP contribution in [0.5, 0.6) is 11.5 Å². The van der Waals surface area contributed by atoms with Crippen LogP contribution in [0.2, 0.25) is 5.02 Å². The molecule has 142 valence electrons. The van der Waals surface area contributed by atoms with Crippen molar-refractivity contribution in [1.82, 2.24) is 9.13 Å². The summed E-state index contributed by atoms with van der Waals surface area (Å²) >= 11 is 5.74. The minimum atomic E-state index is -4.76. The zero-order valence-electron chi connectivity index (χ0n) is 13.9. The lowest BCUT2D eigenvalue weighted by Gasteiger charge is -2.13. The SMILES string of the molecule is Cn1c(=O)c2ccc(Oc3c(F)cc(C(F)(F)F)cc3Cl)cc2n(C)c1=O. The van der Waals surface area contributed by atoms with E-state index in [1.165, 1.54) is 36.9 Å². The van der Waals surface area contributed by atoms with Gasteiger partial charge in [-0.25, -0.2) is 9.18 Å². The normalized spacial score (nSPS) is 11.8. The van der Waals surface area contributed by atoms with Crippen LogP contribution >= 0.6 is 11.6 Å². The maximum Gasteiger partial charge on any atom is 0.416 e. The molecule has 0 spiro atoms. The minimum absolute atomic E-state index is 0.00804. The molecule has 0 amide bonds. The van der Waals surface area contributed by atoms with Crippen molar-refractivity contribution in [2.75, 3.05) is 0 Å². The molecule has 0 atom stereocenters. The molecule has 0 unspecified atom stereocenters. The number of fused-ring (bicyclic) bond motifs is 1. The number of ether oxygens (including phenoxy) is 1. The van der Waals surface area contributed by atoms with E-state index in [1.807, 2.05) is 0 Å². The van der Waals surface area contributed by atoms with E-state index >= 15 is 0 Å². The van der Waals surface area contributed by atoms with E-state index in [9.17, 15) is 27.2 Å². The molecule has 0 fully saturated rings. The lowest BCUT2D eigenvalue weighted by molar-refractivity contribution is -0.137. The predicted octanol–water partition coefficient (Wildman–Crippen LogP) is 3.84. The second kappa shape index (κ2) is 6.41. The standard InChI is InChI=1S/C17H11ClF4N2O3/c1-23-13-7-9(3-4-10(13)15(25)24(2)16(23)26)27-14-11(18)5-8(6-12(14)19)17(20,21)22/h3-7H,1-2H3. The number of alkyl halides is 3. The molecule has 0 aliphatic rings. The summed E-state index contributed by atoms with van der Waals surface area (Å²) < 4.78 is 59.6. The molecule has 3 aromatic rings. The molecule has 0 N–H and O–H groups in total. The Morgan fingerprint density at radius 2 is 1.70 bits per heavy atom. The fraction of sp³-hybridized carbons (Fsp3) is 0.176. The van der Waals surface area contributed by atoms with Gasteiger partial charge in [0, 0.05) is 20.2 Å². The van der Waals surface area contributed by atoms with E-state index in [1.54, 1.807) is 0 Å². The van der Waals surface area contributed by atoms with Gasteiger partial charge in [0.2, 0.25) is 0 Å². The molecule has 0 aliphatic carbocycles. The predicted molar refractivity (Wildman–Crippen MR) is 90.9 cm³/mol. The van der Waals surface area contributed by atoms with Crippen LogP contribution in [0.3, 0.4) is 0 Å². The number of nitrogens with zero attached hydrogens (tertiary/aromatic N) is 2. The van der Waals surface area contributed by atoms with Gasteiger partial charge in [-0.15, -0.1) is 0 Å². The summed E-state index contributed by atoms with van der Waals surface area (Å²) in [6.07, 6.45) is -4.76. The monoisotopic (exact) mass is 402 g/mol. The summed E-state index contributed by atoms with van der Waals surface area (Å²) in [4.78, 5) is 24.1. The van der Waals surface area contributed by atoms with Gasteiger partial charge in [-0.3, -0.25) is 13.9 Å². The van der Waals surface area contributed by atoms with Crippen LogP contribution in [0.1, 0.15) is 5.56 Å². The summed E-state index contributed by atoms with van der Waals surface area (Å²) in [5, 5.41) is -0.355. The first-order chi connectivity index (χ1) is 12.5. The number of benzene rings is 2. The van der Waals surface area contributed by atoms with Crippen LogP contribution < -0.4 is 16.0 Å². The Kier molecular flexibility index (Phi) is 4.51. The van der Waals surface area contributed by atoms with Gasteiger partial charge in [0.15, 0.2) is 11.6 Å². The highest BCUT2D eigenvalue weighted by molar-refractivity contribution is 6.32. The first-order valence-corrected chi connectivity index (χ1v) is 7.82. The van der Waals surface area contributed by atoms with E-state index in [-0.39, 0.29) is 22.7 Å². The first kappa shape index (κ1) is 19.0. The third-order valence-electron chi connectivity index (χ3n) is 3.98. The van der Waals surface area contributed by atoms with Gasteiger partial charge >= 0.3 is 11.9 Å². The van der Waals surface area contributed by atoms with Crippen molar-refractivity contribution in [3.05, 3.63) is 67.6 Å². The largest absolute Gasteiger partial charge is 0.453 e. The molecule has 1 heterocycles. The molecule has 0 aliphatic heterocycles. The fourth-order valence-electron chi connectivity index (χ4n) is 2.57. The average Bonchev–Trinajstić information content (AvgIpc) is 2.60. The molecule has 3 rings (SSSR count). The second-order valence-corrected chi connectivity index (χ2v) is 6.16. The highest BCUT2D eigenvalue weighted by Gasteiger charge is 2.32. The van der Waals surface area contributed by atoms with Crippen molar-refractivity contribution < 1.29 is 22.3 Å². The summed E-state index contributed by atoms with van der Waals surface area (Å²) in [6, 6.07) is 4.80. The van der Waals surface area contributed by atoms with Gasteiger partial charge in [0.1, 0.15) is 5.75 Å². The quantitative estimate of drug-likeness (QED) is 0.612. The second-order valence-electron chi connectivity index (χ2n) is 5.75. The highest BCUT2D eigenvalue weighted by Crippen LogP contribution is 2.38. The number of aryl methyl sites for hydroxylation is 1. The molecule has 10 heteroatoms. The molecule has 5 nitrogen and oxygen atoms in total. The van der Waals surface area contributed by atoms with Gasteiger partial charge in [-0.2, -0.15) is 13.2 Å². The van der Waals surface area contributed by atoms with Crippen molar-refractivity contribution >= 4 is 22.5 Å². The first-order valence-electron chi connectivity index (χ1n) is 7.44. The van der Waals surface area contributed by atoms with Crippen LogP contribution in [-0.2, 0) is 20.3 Å². The number of aromatic nitrogens is 2. The Bertz CT molecular complexity index is 1160. The summed E-state index contributed by atoms with van der Waals surface area (Å²) in [6.45, 7) is 0. The lowest BCUT2D eigenvalue weighted by Crippen LogP contribution is -2.36. The van der Waals surface area contributed by atoms with E-state index in [2.05, 4.69) is 0 Å². The highest BCUT2D eigenvalue weighted by atomic mass is 35.5. The summed E-state index contributed by atoms with van der Waals surface area (Å²) in [5.41, 5.74) is -2.15. The van der Waals surface area contributed by atoms with Crippen LogP contribution in [0.15, 0.2) is 39.9 Å². The van der Waals surface area contributed by atoms with E-state index in [0.29, 0.717) is 6.07 Å². The topological polar surface area (TPSA) is 53.2 Å². The number of hydrogen-bond acceptors (Lipinski definition) is 3. The molecule has 27 heavy (non-hydrogen) atoms. The third kappa shape index (κ3) is 3.30. The van der Waals surface area contributed by atoms with Gasteiger partial charge < -0.3 is 4.74 Å². The van der Waals surface area contributed by atoms with Gasteiger partial charge in [0.25, 0.3) is 5.56 Å². The van der Waals surface area contributed by atoms with Crippen LogP contribution in [0, 0.1) is 5.82 Å². The van der Waals surface area contributed by atoms with Crippen molar-refractivity contribution in [2.24, 2.45) is 14.1 Å². The van der Waals surface area contributed by atoms with Gasteiger partial charge in [-0.05, 0) is 24.3 Å². The maximum absolute atomic E-state index is 14.1. The number of hydrogen-bond donors (Lipinski definition) is 0. The molecule has 0 saturated heterocycles. The van der Waals surface area contributed by atoms with Gasteiger partial charge in [-0.1, -0.05) is 11.6 Å². The summed E-state index contributed by atoms with van der Waals surface area (Å²) in [7, 11) is 2.76. The van der Waals surface area contributed by atoms with E-state index < -0.39 is 39.6 Å². The molecule has 0 radical (unpaired) electrons. The Hall–Kier alpha value is -2.81. The zero-order chi connectivity index (χ0) is 20.1. The van der Waals surface area contributed by atoms with Crippen LogP contribution in [0.25, 0.3) is 10.9 Å². The Morgan fingerprint density at radius 3 is 2.30 bits per heavy atom. The molecule has 0 bridgehead atoms. The van der Waals surface area contributed by atoms with Crippen molar-refractivity contribution in [1.29, 1.82) is 0 Å². The number of halogens is 5. The fourth-order valence-corrected chi connectivity index (χ4v) is 2.81.